The van der Waals surface area contributed by atoms with E-state index in [1.165, 1.54) is 55.6 Å². The number of aromatic carboxylic acids is 1. The summed E-state index contributed by atoms with van der Waals surface area (Å²) in [5, 5.41) is 20.7. The number of nitrogens with one attached hydrogen (secondary N) is 1. The Morgan fingerprint density at radius 3 is 2.28 bits per heavy atom. The summed E-state index contributed by atoms with van der Waals surface area (Å²) in [5.74, 6) is -3.02. The molecule has 0 saturated carbocycles. The van der Waals surface area contributed by atoms with Crippen molar-refractivity contribution in [2.24, 2.45) is 0 Å². The Balaban J connectivity index is 2.22. The SMILES string of the molecule is CN(C(=O)NC(C(=O)O)c1cccc(C(=O)O)c1)c1ccc(F)cc1. The average molecular weight is 346 g/mol. The van der Waals surface area contributed by atoms with Gasteiger partial charge < -0.3 is 15.5 Å². The van der Waals surface area contributed by atoms with Crippen LogP contribution in [-0.2, 0) is 4.79 Å². The van der Waals surface area contributed by atoms with Gasteiger partial charge in [0.15, 0.2) is 6.04 Å². The molecule has 8 heteroatoms. The van der Waals surface area contributed by atoms with Crippen molar-refractivity contribution in [2.75, 3.05) is 11.9 Å². The molecule has 0 heterocycles. The third-order valence-electron chi connectivity index (χ3n) is 3.50. The molecule has 7 nitrogen and oxygen atoms in total. The van der Waals surface area contributed by atoms with E-state index in [9.17, 15) is 23.9 Å². The van der Waals surface area contributed by atoms with Crippen molar-refractivity contribution in [1.29, 1.82) is 0 Å². The van der Waals surface area contributed by atoms with Gasteiger partial charge in [0.05, 0.1) is 5.56 Å². The Labute approximate surface area is 142 Å². The van der Waals surface area contributed by atoms with Gasteiger partial charge in [-0.2, -0.15) is 0 Å². The highest BCUT2D eigenvalue weighted by Crippen LogP contribution is 2.18. The number of carbonyl (C=O) groups excluding carboxylic acids is 1. The number of urea groups is 1. The molecule has 0 aliphatic heterocycles. The van der Waals surface area contributed by atoms with Crippen molar-refractivity contribution >= 4 is 23.7 Å². The fourth-order valence-electron chi connectivity index (χ4n) is 2.14. The highest BCUT2D eigenvalue weighted by atomic mass is 19.1. The predicted octanol–water partition coefficient (Wildman–Crippen LogP) is 2.50. The Morgan fingerprint density at radius 1 is 1.08 bits per heavy atom. The van der Waals surface area contributed by atoms with Crippen molar-refractivity contribution < 1.29 is 29.0 Å². The van der Waals surface area contributed by atoms with Gasteiger partial charge in [-0.25, -0.2) is 18.8 Å². The fraction of sp³-hybridized carbons (Fsp3) is 0.118. The smallest absolute Gasteiger partial charge is 0.335 e. The number of hydrogen-bond donors (Lipinski definition) is 3. The molecule has 0 radical (unpaired) electrons. The minimum Gasteiger partial charge on any atom is -0.479 e. The van der Waals surface area contributed by atoms with Gasteiger partial charge >= 0.3 is 18.0 Å². The number of halogens is 1. The number of nitrogens with zero attached hydrogens (tertiary/aromatic N) is 1. The second-order valence-electron chi connectivity index (χ2n) is 5.19. The molecule has 0 bridgehead atoms. The van der Waals surface area contributed by atoms with E-state index in [1.807, 2.05) is 0 Å². The van der Waals surface area contributed by atoms with Crippen LogP contribution in [0.25, 0.3) is 0 Å². The zero-order chi connectivity index (χ0) is 18.6. The number of carboxylic acid groups (broad SMARTS) is 2. The summed E-state index contributed by atoms with van der Waals surface area (Å²) in [4.78, 5) is 35.9. The zero-order valence-electron chi connectivity index (χ0n) is 13.1. The van der Waals surface area contributed by atoms with Crippen LogP contribution in [0.2, 0.25) is 0 Å². The molecular formula is C17H15FN2O5. The summed E-state index contributed by atoms with van der Waals surface area (Å²) in [5.41, 5.74) is 0.389. The molecule has 1 atom stereocenters. The largest absolute Gasteiger partial charge is 0.479 e. The number of amides is 2. The predicted molar refractivity (Wildman–Crippen MR) is 87.1 cm³/mol. The molecule has 0 aliphatic carbocycles. The first-order valence-corrected chi connectivity index (χ1v) is 7.15. The molecule has 3 N–H and O–H groups in total. The van der Waals surface area contributed by atoms with Gasteiger partial charge in [-0.1, -0.05) is 12.1 Å². The van der Waals surface area contributed by atoms with Crippen LogP contribution in [0.1, 0.15) is 22.0 Å². The third-order valence-corrected chi connectivity index (χ3v) is 3.50. The molecule has 0 aliphatic rings. The minimum atomic E-state index is -1.44. The Morgan fingerprint density at radius 2 is 1.72 bits per heavy atom. The van der Waals surface area contributed by atoms with E-state index >= 15 is 0 Å². The summed E-state index contributed by atoms with van der Waals surface area (Å²) in [6, 6.07) is 8.21. The number of benzene rings is 2. The third kappa shape index (κ3) is 4.31. The van der Waals surface area contributed by atoms with Gasteiger partial charge in [0.25, 0.3) is 0 Å². The van der Waals surface area contributed by atoms with E-state index in [0.29, 0.717) is 5.69 Å². The molecule has 1 unspecified atom stereocenters. The van der Waals surface area contributed by atoms with Gasteiger partial charge in [-0.3, -0.25) is 4.90 Å². The molecule has 0 aromatic heterocycles. The van der Waals surface area contributed by atoms with Crippen LogP contribution in [0.4, 0.5) is 14.9 Å². The quantitative estimate of drug-likeness (QED) is 0.771. The molecule has 0 fully saturated rings. The lowest BCUT2D eigenvalue weighted by Gasteiger charge is -2.22. The summed E-state index contributed by atoms with van der Waals surface area (Å²) in [6.45, 7) is 0. The molecule has 25 heavy (non-hydrogen) atoms. The van der Waals surface area contributed by atoms with Gasteiger partial charge in [0.2, 0.25) is 0 Å². The van der Waals surface area contributed by atoms with Crippen molar-refractivity contribution in [1.82, 2.24) is 5.32 Å². The maximum Gasteiger partial charge on any atom is 0.335 e. The lowest BCUT2D eigenvalue weighted by Crippen LogP contribution is -2.42. The second-order valence-corrected chi connectivity index (χ2v) is 5.19. The van der Waals surface area contributed by atoms with Crippen molar-refractivity contribution in [3.05, 3.63) is 65.5 Å². The number of rotatable bonds is 5. The van der Waals surface area contributed by atoms with E-state index in [1.54, 1.807) is 0 Å². The summed E-state index contributed by atoms with van der Waals surface area (Å²) >= 11 is 0. The number of anilines is 1. The molecule has 2 rings (SSSR count). The van der Waals surface area contributed by atoms with E-state index < -0.39 is 29.8 Å². The Kier molecular flexibility index (Phi) is 5.33. The first-order chi connectivity index (χ1) is 11.8. The highest BCUT2D eigenvalue weighted by molar-refractivity contribution is 5.94. The topological polar surface area (TPSA) is 107 Å². The maximum absolute atomic E-state index is 12.9. The zero-order valence-corrected chi connectivity index (χ0v) is 13.1. The van der Waals surface area contributed by atoms with Crippen LogP contribution in [0.5, 0.6) is 0 Å². The summed E-state index contributed by atoms with van der Waals surface area (Å²) < 4.78 is 12.9. The number of hydrogen-bond acceptors (Lipinski definition) is 3. The van der Waals surface area contributed by atoms with E-state index in [4.69, 9.17) is 5.11 Å². The average Bonchev–Trinajstić information content (AvgIpc) is 2.59. The Hall–Kier alpha value is -3.42. The van der Waals surface area contributed by atoms with E-state index in [2.05, 4.69) is 5.32 Å². The molecule has 2 amide bonds. The number of carbonyl (C=O) groups is 3. The van der Waals surface area contributed by atoms with Crippen LogP contribution in [0.3, 0.4) is 0 Å². The van der Waals surface area contributed by atoms with Gasteiger partial charge in [0.1, 0.15) is 5.82 Å². The van der Waals surface area contributed by atoms with Crippen molar-refractivity contribution in [2.45, 2.75) is 6.04 Å². The molecule has 0 spiro atoms. The van der Waals surface area contributed by atoms with Crippen molar-refractivity contribution in [3.63, 3.8) is 0 Å². The van der Waals surface area contributed by atoms with Crippen LogP contribution in [0, 0.1) is 5.82 Å². The first kappa shape index (κ1) is 17.9. The molecule has 2 aromatic carbocycles. The maximum atomic E-state index is 12.9. The van der Waals surface area contributed by atoms with Crippen LogP contribution in [0.15, 0.2) is 48.5 Å². The first-order valence-electron chi connectivity index (χ1n) is 7.15. The summed E-state index contributed by atoms with van der Waals surface area (Å²) in [7, 11) is 1.40. The summed E-state index contributed by atoms with van der Waals surface area (Å²) in [6.07, 6.45) is 0. The lowest BCUT2D eigenvalue weighted by atomic mass is 10.0. The lowest BCUT2D eigenvalue weighted by molar-refractivity contribution is -0.139. The van der Waals surface area contributed by atoms with Gasteiger partial charge in [-0.05, 0) is 42.0 Å². The van der Waals surface area contributed by atoms with Gasteiger partial charge in [-0.15, -0.1) is 0 Å². The highest BCUT2D eigenvalue weighted by Gasteiger charge is 2.25. The molecule has 0 saturated heterocycles. The number of carboxylic acids is 2. The second kappa shape index (κ2) is 7.43. The van der Waals surface area contributed by atoms with Crippen LogP contribution >= 0.6 is 0 Å². The fourth-order valence-corrected chi connectivity index (χ4v) is 2.14. The van der Waals surface area contributed by atoms with Gasteiger partial charge in [0, 0.05) is 12.7 Å². The minimum absolute atomic E-state index is 0.0927. The standard InChI is InChI=1S/C17H15FN2O5/c1-20(13-7-5-12(18)6-8-13)17(25)19-14(16(23)24)10-3-2-4-11(9-10)15(21)22/h2-9,14H,1H3,(H,19,25)(H,21,22)(H,23,24). The molecule has 130 valence electrons. The normalized spacial score (nSPS) is 11.4. The number of aliphatic carboxylic acids is 1. The molecule has 2 aromatic rings. The van der Waals surface area contributed by atoms with E-state index in [0.717, 1.165) is 4.90 Å². The molecular weight excluding hydrogens is 331 g/mol. The van der Waals surface area contributed by atoms with Crippen LogP contribution < -0.4 is 10.2 Å². The monoisotopic (exact) mass is 346 g/mol. The van der Waals surface area contributed by atoms with Crippen molar-refractivity contribution in [3.8, 4) is 0 Å². The van der Waals surface area contributed by atoms with Crippen LogP contribution in [-0.4, -0.2) is 35.2 Å². The Bertz CT molecular complexity index is 807. The van der Waals surface area contributed by atoms with E-state index in [-0.39, 0.29) is 11.1 Å².